The van der Waals surface area contributed by atoms with E-state index in [9.17, 15) is 14.4 Å². The second-order valence-electron chi connectivity index (χ2n) is 2.13. The number of alkyl halides is 2. The predicted molar refractivity (Wildman–Crippen MR) is 45.2 cm³/mol. The standard InChI is InChI=1S/C6H7Cl2NO4/c1-2(10)3(9)5(11)13-6(12)4(7)8/h3-4H,9H2,1H3. The zero-order valence-electron chi connectivity index (χ0n) is 6.62. The number of rotatable bonds is 3. The Morgan fingerprint density at radius 2 is 1.69 bits per heavy atom. The number of esters is 2. The van der Waals surface area contributed by atoms with Crippen molar-refractivity contribution in [1.29, 1.82) is 0 Å². The lowest BCUT2D eigenvalue weighted by Crippen LogP contribution is -2.40. The summed E-state index contributed by atoms with van der Waals surface area (Å²) in [6.07, 6.45) is 0. The molecule has 0 bridgehead atoms. The third kappa shape index (κ3) is 4.21. The summed E-state index contributed by atoms with van der Waals surface area (Å²) in [7, 11) is 0. The summed E-state index contributed by atoms with van der Waals surface area (Å²) < 4.78 is 4.05. The Balaban J connectivity index is 4.16. The molecule has 0 saturated carbocycles. The predicted octanol–water partition coefficient (Wildman–Crippen LogP) is -0.224. The number of carbonyl (C=O) groups excluding carboxylic acids is 3. The Bertz CT molecular complexity index is 241. The van der Waals surface area contributed by atoms with E-state index in [0.717, 1.165) is 6.92 Å². The van der Waals surface area contributed by atoms with Crippen molar-refractivity contribution < 1.29 is 19.1 Å². The van der Waals surface area contributed by atoms with Crippen molar-refractivity contribution in [1.82, 2.24) is 0 Å². The van der Waals surface area contributed by atoms with Gasteiger partial charge in [-0.15, -0.1) is 0 Å². The van der Waals surface area contributed by atoms with Crippen molar-refractivity contribution >= 4 is 40.9 Å². The van der Waals surface area contributed by atoms with Crippen molar-refractivity contribution in [3.05, 3.63) is 0 Å². The molecule has 0 fully saturated rings. The molecule has 0 amide bonds. The third-order valence-electron chi connectivity index (χ3n) is 1.07. The van der Waals surface area contributed by atoms with Crippen LogP contribution in [0, 0.1) is 0 Å². The first-order valence-corrected chi connectivity index (χ1v) is 4.03. The summed E-state index contributed by atoms with van der Waals surface area (Å²) in [6, 6.07) is -1.48. The quantitative estimate of drug-likeness (QED) is 0.409. The lowest BCUT2D eigenvalue weighted by molar-refractivity contribution is -0.159. The number of Topliss-reactive ketones (excluding diaryl/α,β-unsaturated/α-hetero) is 1. The van der Waals surface area contributed by atoms with Crippen LogP contribution in [0.15, 0.2) is 0 Å². The molecule has 74 valence electrons. The van der Waals surface area contributed by atoms with E-state index in [1.165, 1.54) is 0 Å². The van der Waals surface area contributed by atoms with Gasteiger partial charge in [0.2, 0.25) is 4.84 Å². The second-order valence-corrected chi connectivity index (χ2v) is 3.23. The average molecular weight is 228 g/mol. The second kappa shape index (κ2) is 5.16. The Labute approximate surface area is 84.1 Å². The Morgan fingerprint density at radius 3 is 2.00 bits per heavy atom. The van der Waals surface area contributed by atoms with Gasteiger partial charge in [0.1, 0.15) is 0 Å². The molecule has 0 spiro atoms. The number of hydrogen-bond acceptors (Lipinski definition) is 5. The van der Waals surface area contributed by atoms with Gasteiger partial charge < -0.3 is 10.5 Å². The summed E-state index contributed by atoms with van der Waals surface area (Å²) in [5.41, 5.74) is 5.05. The molecule has 0 aliphatic heterocycles. The van der Waals surface area contributed by atoms with Crippen molar-refractivity contribution in [2.45, 2.75) is 17.8 Å². The fourth-order valence-corrected chi connectivity index (χ4v) is 0.462. The summed E-state index contributed by atoms with van der Waals surface area (Å²) in [4.78, 5) is 30.5. The van der Waals surface area contributed by atoms with Crippen LogP contribution in [0.4, 0.5) is 0 Å². The van der Waals surface area contributed by atoms with E-state index in [0.29, 0.717) is 0 Å². The van der Waals surface area contributed by atoms with Crippen LogP contribution in [0.3, 0.4) is 0 Å². The van der Waals surface area contributed by atoms with E-state index < -0.39 is 28.6 Å². The van der Waals surface area contributed by atoms with Gasteiger partial charge in [-0.05, 0) is 6.92 Å². The normalized spacial score (nSPS) is 12.4. The molecule has 0 aromatic rings. The molecule has 0 rings (SSSR count). The summed E-state index contributed by atoms with van der Waals surface area (Å²) in [5.74, 6) is -2.92. The van der Waals surface area contributed by atoms with Crippen LogP contribution < -0.4 is 5.73 Å². The van der Waals surface area contributed by atoms with Gasteiger partial charge in [-0.3, -0.25) is 4.79 Å². The smallest absolute Gasteiger partial charge is 0.347 e. The fraction of sp³-hybridized carbons (Fsp3) is 0.500. The van der Waals surface area contributed by atoms with Crippen molar-refractivity contribution in [3.63, 3.8) is 0 Å². The lowest BCUT2D eigenvalue weighted by Gasteiger charge is -2.06. The molecule has 0 heterocycles. The molecule has 0 saturated heterocycles. The van der Waals surface area contributed by atoms with Crippen molar-refractivity contribution in [3.8, 4) is 0 Å². The first-order valence-electron chi connectivity index (χ1n) is 3.16. The number of carbonyl (C=O) groups is 3. The van der Waals surface area contributed by atoms with Crippen LogP contribution in [0.25, 0.3) is 0 Å². The summed E-state index contributed by atoms with van der Waals surface area (Å²) in [6.45, 7) is 1.09. The van der Waals surface area contributed by atoms with Crippen LogP contribution in [0.5, 0.6) is 0 Å². The zero-order valence-corrected chi connectivity index (χ0v) is 8.13. The van der Waals surface area contributed by atoms with E-state index in [1.807, 2.05) is 0 Å². The van der Waals surface area contributed by atoms with Gasteiger partial charge in [0.15, 0.2) is 11.8 Å². The monoisotopic (exact) mass is 227 g/mol. The SMILES string of the molecule is CC(=O)C(N)C(=O)OC(=O)C(Cl)Cl. The molecule has 13 heavy (non-hydrogen) atoms. The van der Waals surface area contributed by atoms with Crippen molar-refractivity contribution in [2.75, 3.05) is 0 Å². The first-order chi connectivity index (χ1) is 5.86. The van der Waals surface area contributed by atoms with Gasteiger partial charge in [0.25, 0.3) is 0 Å². The van der Waals surface area contributed by atoms with Crippen LogP contribution in [-0.4, -0.2) is 28.6 Å². The van der Waals surface area contributed by atoms with Crippen LogP contribution >= 0.6 is 23.2 Å². The Kier molecular flexibility index (Phi) is 4.90. The van der Waals surface area contributed by atoms with Crippen LogP contribution in [0.2, 0.25) is 0 Å². The maximum absolute atomic E-state index is 10.8. The average Bonchev–Trinajstić information content (AvgIpc) is 2.02. The first kappa shape index (κ1) is 12.3. The number of hydrogen-bond donors (Lipinski definition) is 1. The highest BCUT2D eigenvalue weighted by Gasteiger charge is 2.25. The van der Waals surface area contributed by atoms with E-state index in [1.54, 1.807) is 0 Å². The molecule has 0 aliphatic carbocycles. The van der Waals surface area contributed by atoms with Gasteiger partial charge in [0.05, 0.1) is 0 Å². The molecular formula is C6H7Cl2NO4. The molecule has 0 radical (unpaired) electrons. The maximum Gasteiger partial charge on any atom is 0.347 e. The Morgan fingerprint density at radius 1 is 1.23 bits per heavy atom. The minimum Gasteiger partial charge on any atom is -0.390 e. The maximum atomic E-state index is 10.8. The topological polar surface area (TPSA) is 86.5 Å². The Hall–Kier alpha value is -0.650. The largest absolute Gasteiger partial charge is 0.390 e. The zero-order chi connectivity index (χ0) is 10.6. The van der Waals surface area contributed by atoms with Gasteiger partial charge in [-0.1, -0.05) is 23.2 Å². The minimum absolute atomic E-state index is 0.613. The van der Waals surface area contributed by atoms with E-state index in [-0.39, 0.29) is 0 Å². The fourth-order valence-electron chi connectivity index (χ4n) is 0.373. The highest BCUT2D eigenvalue weighted by atomic mass is 35.5. The van der Waals surface area contributed by atoms with Gasteiger partial charge in [0, 0.05) is 0 Å². The molecule has 0 aromatic heterocycles. The molecule has 0 aromatic carbocycles. The molecule has 7 heteroatoms. The number of ketones is 1. The summed E-state index contributed by atoms with van der Waals surface area (Å²) in [5, 5.41) is 0. The lowest BCUT2D eigenvalue weighted by atomic mass is 10.2. The van der Waals surface area contributed by atoms with Gasteiger partial charge in [-0.2, -0.15) is 0 Å². The third-order valence-corrected chi connectivity index (χ3v) is 1.43. The number of nitrogens with two attached hydrogens (primary N) is 1. The van der Waals surface area contributed by atoms with E-state index >= 15 is 0 Å². The van der Waals surface area contributed by atoms with Crippen LogP contribution in [0.1, 0.15) is 6.92 Å². The molecule has 1 atom stereocenters. The van der Waals surface area contributed by atoms with Gasteiger partial charge in [-0.25, -0.2) is 9.59 Å². The molecule has 2 N–H and O–H groups in total. The molecular weight excluding hydrogens is 221 g/mol. The summed E-state index contributed by atoms with van der Waals surface area (Å²) >= 11 is 10.1. The molecule has 1 unspecified atom stereocenters. The van der Waals surface area contributed by atoms with Gasteiger partial charge >= 0.3 is 11.9 Å². The number of ether oxygens (including phenoxy) is 1. The van der Waals surface area contributed by atoms with Crippen molar-refractivity contribution in [2.24, 2.45) is 5.73 Å². The minimum atomic E-state index is -1.48. The van der Waals surface area contributed by atoms with Crippen LogP contribution in [-0.2, 0) is 19.1 Å². The molecule has 0 aliphatic rings. The highest BCUT2D eigenvalue weighted by molar-refractivity contribution is 6.53. The molecule has 5 nitrogen and oxygen atoms in total. The highest BCUT2D eigenvalue weighted by Crippen LogP contribution is 2.04. The van der Waals surface area contributed by atoms with E-state index in [2.05, 4.69) is 4.74 Å². The number of halogens is 2. The van der Waals surface area contributed by atoms with E-state index in [4.69, 9.17) is 28.9 Å².